The maximum Gasteiger partial charge on any atom is 0.302 e. The minimum absolute atomic E-state index is 0.136. The third-order valence-electron chi connectivity index (χ3n) is 10.9. The molecule has 36 heavy (non-hydrogen) atoms. The van der Waals surface area contributed by atoms with Gasteiger partial charge in [-0.05, 0) is 85.9 Å². The number of aliphatic hydroxyl groups excluding tert-OH is 3. The molecule has 12 atom stereocenters. The summed E-state index contributed by atoms with van der Waals surface area (Å²) in [7, 11) is 0. The van der Waals surface area contributed by atoms with E-state index in [1.165, 1.54) is 38.2 Å². The fourth-order valence-electron chi connectivity index (χ4n) is 8.73. The van der Waals surface area contributed by atoms with Crippen LogP contribution in [0.15, 0.2) is 24.3 Å². The number of hydrogen-bond acceptors (Lipinski definition) is 7. The molecule has 0 spiro atoms. The molecule has 0 radical (unpaired) electrons. The Balaban J connectivity index is 1.26. The highest BCUT2D eigenvalue weighted by Crippen LogP contribution is 2.66. The highest BCUT2D eigenvalue weighted by Gasteiger charge is 2.58. The molecule has 5 rings (SSSR count). The van der Waals surface area contributed by atoms with Gasteiger partial charge in [0.15, 0.2) is 6.29 Å². The van der Waals surface area contributed by atoms with Crippen molar-refractivity contribution in [2.45, 2.75) is 109 Å². The van der Waals surface area contributed by atoms with Gasteiger partial charge in [-0.2, -0.15) is 0 Å². The molecule has 0 bridgehead atoms. The molecule has 202 valence electrons. The summed E-state index contributed by atoms with van der Waals surface area (Å²) in [5.41, 5.74) is 2.04. The maximum atomic E-state index is 11.2. The molecule has 6 unspecified atom stereocenters. The van der Waals surface area contributed by atoms with Gasteiger partial charge in [-0.3, -0.25) is 4.79 Å². The summed E-state index contributed by atoms with van der Waals surface area (Å²) >= 11 is 0. The number of carbonyl (C=O) groups is 1. The third-order valence-corrected chi connectivity index (χ3v) is 10.9. The molecule has 0 amide bonds. The van der Waals surface area contributed by atoms with Crippen molar-refractivity contribution in [1.82, 2.24) is 0 Å². The van der Waals surface area contributed by atoms with E-state index in [1.54, 1.807) is 0 Å². The standard InChI is InChI=1S/C29H44O7/c1-5-17-7-9-21-20-8-6-18-14-19(10-12-29(18,4)22(20)11-13-28(17,21)3)35-27-26(33)25(32)24(31)23(36-27)15-34-16(2)30/h5-6,17,19-27,31-33H,1,7-15H2,2-4H3/t17-,19-,20?,21?,22?,23?,24-,25?,26?,27+,28+,29-/m0/s1. The third kappa shape index (κ3) is 4.29. The molecule has 4 fully saturated rings. The molecule has 5 aliphatic rings. The van der Waals surface area contributed by atoms with Gasteiger partial charge in [0.05, 0.1) is 6.10 Å². The molecule has 0 aromatic rings. The van der Waals surface area contributed by atoms with E-state index in [-0.39, 0.29) is 18.1 Å². The lowest BCUT2D eigenvalue weighted by Gasteiger charge is -2.58. The van der Waals surface area contributed by atoms with Crippen molar-refractivity contribution < 1.29 is 34.3 Å². The van der Waals surface area contributed by atoms with Gasteiger partial charge >= 0.3 is 5.97 Å². The molecular formula is C29H44O7. The van der Waals surface area contributed by atoms with Crippen molar-refractivity contribution in [2.75, 3.05) is 6.61 Å². The Kier molecular flexibility index (Phi) is 7.18. The Morgan fingerprint density at radius 1 is 1.11 bits per heavy atom. The van der Waals surface area contributed by atoms with Crippen LogP contribution < -0.4 is 0 Å². The zero-order valence-electron chi connectivity index (χ0n) is 22.0. The van der Waals surface area contributed by atoms with Crippen molar-refractivity contribution in [1.29, 1.82) is 0 Å². The molecule has 3 saturated carbocycles. The smallest absolute Gasteiger partial charge is 0.302 e. The van der Waals surface area contributed by atoms with Crippen LogP contribution in [0, 0.1) is 34.5 Å². The molecule has 0 aromatic heterocycles. The highest BCUT2D eigenvalue weighted by atomic mass is 16.7. The minimum atomic E-state index is -1.44. The SMILES string of the molecule is C=C[C@H]1CCC2C3CC=C4C[C@@H](O[C@@H]5OC(COC(C)=O)[C@H](O)C(O)C5O)CC[C@]4(C)C3CC[C@@]21C. The number of rotatable bonds is 5. The summed E-state index contributed by atoms with van der Waals surface area (Å²) in [4.78, 5) is 11.2. The average molecular weight is 505 g/mol. The van der Waals surface area contributed by atoms with Gasteiger partial charge < -0.3 is 29.5 Å². The second kappa shape index (κ2) is 9.81. The first kappa shape index (κ1) is 26.4. The summed E-state index contributed by atoms with van der Waals surface area (Å²) in [6, 6.07) is 0. The number of aliphatic hydroxyl groups is 3. The molecule has 1 heterocycles. The van der Waals surface area contributed by atoms with Gasteiger partial charge in [-0.25, -0.2) is 0 Å². The summed E-state index contributed by atoms with van der Waals surface area (Å²) in [6.07, 6.45) is 7.30. The van der Waals surface area contributed by atoms with Crippen molar-refractivity contribution >= 4 is 5.97 Å². The van der Waals surface area contributed by atoms with Crippen LogP contribution in [-0.4, -0.2) is 64.7 Å². The molecule has 3 N–H and O–H groups in total. The molecule has 1 saturated heterocycles. The van der Waals surface area contributed by atoms with E-state index in [0.29, 0.717) is 17.3 Å². The second-order valence-electron chi connectivity index (χ2n) is 12.5. The number of hydrogen-bond donors (Lipinski definition) is 3. The summed E-state index contributed by atoms with van der Waals surface area (Å²) in [5.74, 6) is 2.35. The lowest BCUT2D eigenvalue weighted by Crippen LogP contribution is -2.60. The number of carbonyl (C=O) groups excluding carboxylic acids is 1. The van der Waals surface area contributed by atoms with Crippen molar-refractivity contribution in [3.8, 4) is 0 Å². The fraction of sp³-hybridized carbons (Fsp3) is 0.828. The molecular weight excluding hydrogens is 460 g/mol. The van der Waals surface area contributed by atoms with E-state index in [9.17, 15) is 20.1 Å². The monoisotopic (exact) mass is 504 g/mol. The summed E-state index contributed by atoms with van der Waals surface area (Å²) in [6.45, 7) is 10.2. The van der Waals surface area contributed by atoms with Crippen molar-refractivity contribution in [3.05, 3.63) is 24.3 Å². The Hall–Kier alpha value is -1.25. The quantitative estimate of drug-likeness (QED) is 0.389. The molecule has 7 heteroatoms. The number of ether oxygens (including phenoxy) is 3. The van der Waals surface area contributed by atoms with E-state index in [4.69, 9.17) is 14.2 Å². The van der Waals surface area contributed by atoms with Gasteiger partial charge in [-0.15, -0.1) is 6.58 Å². The molecule has 1 aliphatic heterocycles. The van der Waals surface area contributed by atoms with Gasteiger partial charge in [0.2, 0.25) is 0 Å². The van der Waals surface area contributed by atoms with E-state index in [0.717, 1.165) is 37.5 Å². The molecule has 7 nitrogen and oxygen atoms in total. The Labute approximate surface area is 214 Å². The lowest BCUT2D eigenvalue weighted by atomic mass is 9.47. The van der Waals surface area contributed by atoms with Crippen LogP contribution in [0.1, 0.15) is 72.1 Å². The van der Waals surface area contributed by atoms with Gasteiger partial charge in [0.1, 0.15) is 31.0 Å². The van der Waals surface area contributed by atoms with Gasteiger partial charge in [0, 0.05) is 6.92 Å². The zero-order chi connectivity index (χ0) is 25.8. The normalized spacial score (nSPS) is 50.3. The summed E-state index contributed by atoms with van der Waals surface area (Å²) in [5, 5.41) is 31.1. The average Bonchev–Trinajstić information content (AvgIpc) is 3.20. The first-order chi connectivity index (χ1) is 17.1. The highest BCUT2D eigenvalue weighted by molar-refractivity contribution is 5.65. The predicted octanol–water partition coefficient (Wildman–Crippen LogP) is 3.51. The maximum absolute atomic E-state index is 11.2. The topological polar surface area (TPSA) is 105 Å². The summed E-state index contributed by atoms with van der Waals surface area (Å²) < 4.78 is 17.0. The zero-order valence-corrected chi connectivity index (χ0v) is 22.0. The number of esters is 1. The minimum Gasteiger partial charge on any atom is -0.463 e. The van der Waals surface area contributed by atoms with Crippen LogP contribution in [-0.2, 0) is 19.0 Å². The number of allylic oxidation sites excluding steroid dienone is 2. The van der Waals surface area contributed by atoms with Crippen molar-refractivity contribution in [2.24, 2.45) is 34.5 Å². The Morgan fingerprint density at radius 2 is 1.89 bits per heavy atom. The van der Waals surface area contributed by atoms with Crippen LogP contribution in [0.2, 0.25) is 0 Å². The van der Waals surface area contributed by atoms with Crippen LogP contribution in [0.3, 0.4) is 0 Å². The van der Waals surface area contributed by atoms with Crippen LogP contribution in [0.4, 0.5) is 0 Å². The van der Waals surface area contributed by atoms with Crippen LogP contribution in [0.25, 0.3) is 0 Å². The first-order valence-corrected chi connectivity index (χ1v) is 13.9. The Bertz CT molecular complexity index is 887. The Morgan fingerprint density at radius 3 is 2.61 bits per heavy atom. The molecule has 0 aromatic carbocycles. The second-order valence-corrected chi connectivity index (χ2v) is 12.5. The number of fused-ring (bicyclic) bond motifs is 5. The van der Waals surface area contributed by atoms with Crippen LogP contribution in [0.5, 0.6) is 0 Å². The van der Waals surface area contributed by atoms with E-state index >= 15 is 0 Å². The van der Waals surface area contributed by atoms with Gasteiger partial charge in [0.25, 0.3) is 0 Å². The first-order valence-electron chi connectivity index (χ1n) is 13.9. The van der Waals surface area contributed by atoms with E-state index in [1.807, 2.05) is 0 Å². The lowest BCUT2D eigenvalue weighted by molar-refractivity contribution is -0.313. The van der Waals surface area contributed by atoms with E-state index in [2.05, 4.69) is 32.6 Å². The molecule has 4 aliphatic carbocycles. The predicted molar refractivity (Wildman–Crippen MR) is 134 cm³/mol. The largest absolute Gasteiger partial charge is 0.463 e. The van der Waals surface area contributed by atoms with Crippen molar-refractivity contribution in [3.63, 3.8) is 0 Å². The van der Waals surface area contributed by atoms with E-state index < -0.39 is 36.7 Å². The van der Waals surface area contributed by atoms with Gasteiger partial charge in [-0.1, -0.05) is 31.6 Å². The fourth-order valence-corrected chi connectivity index (χ4v) is 8.73. The van der Waals surface area contributed by atoms with Crippen LogP contribution >= 0.6 is 0 Å².